The van der Waals surface area contributed by atoms with Crippen LogP contribution in [-0.2, 0) is 16.0 Å². The second kappa shape index (κ2) is 7.52. The lowest BCUT2D eigenvalue weighted by molar-refractivity contribution is -0.139. The molecule has 1 fully saturated rings. The highest BCUT2D eigenvalue weighted by atomic mass is 16.3. The summed E-state index contributed by atoms with van der Waals surface area (Å²) in [5.74, 6) is 0.694. The molecule has 0 spiro atoms. The van der Waals surface area contributed by atoms with E-state index < -0.39 is 0 Å². The SMILES string of the molecule is CCC(=O)N1CCN(C(=O)Cc2coc3cc(C)c(C(C)C)cc23)CC1. The summed E-state index contributed by atoms with van der Waals surface area (Å²) in [6.07, 6.45) is 2.57. The zero-order valence-electron chi connectivity index (χ0n) is 16.2. The molecule has 0 atom stereocenters. The first-order valence-electron chi connectivity index (χ1n) is 9.46. The second-order valence-corrected chi connectivity index (χ2v) is 7.41. The summed E-state index contributed by atoms with van der Waals surface area (Å²) in [4.78, 5) is 28.2. The van der Waals surface area contributed by atoms with Crippen LogP contribution >= 0.6 is 0 Å². The van der Waals surface area contributed by atoms with E-state index in [1.54, 1.807) is 6.26 Å². The van der Waals surface area contributed by atoms with Crippen molar-refractivity contribution in [1.29, 1.82) is 0 Å². The summed E-state index contributed by atoms with van der Waals surface area (Å²) < 4.78 is 5.69. The number of aryl methyl sites for hydroxylation is 1. The average Bonchev–Trinajstić information content (AvgIpc) is 3.01. The average molecular weight is 356 g/mol. The summed E-state index contributed by atoms with van der Waals surface area (Å²) in [7, 11) is 0. The number of piperazine rings is 1. The van der Waals surface area contributed by atoms with E-state index in [-0.39, 0.29) is 11.8 Å². The summed E-state index contributed by atoms with van der Waals surface area (Å²) in [5.41, 5.74) is 4.29. The van der Waals surface area contributed by atoms with E-state index in [4.69, 9.17) is 4.42 Å². The fraction of sp³-hybridized carbons (Fsp3) is 0.524. The van der Waals surface area contributed by atoms with Gasteiger partial charge in [-0.05, 0) is 36.1 Å². The molecule has 0 radical (unpaired) electrons. The van der Waals surface area contributed by atoms with Crippen molar-refractivity contribution in [3.8, 4) is 0 Å². The van der Waals surface area contributed by atoms with E-state index >= 15 is 0 Å². The van der Waals surface area contributed by atoms with Crippen molar-refractivity contribution in [2.24, 2.45) is 0 Å². The molecule has 2 heterocycles. The van der Waals surface area contributed by atoms with E-state index in [1.807, 2.05) is 16.7 Å². The number of rotatable bonds is 4. The Morgan fingerprint density at radius 2 is 1.69 bits per heavy atom. The monoisotopic (exact) mass is 356 g/mol. The van der Waals surface area contributed by atoms with Crippen LogP contribution in [0.5, 0.6) is 0 Å². The van der Waals surface area contributed by atoms with Gasteiger partial charge in [-0.15, -0.1) is 0 Å². The van der Waals surface area contributed by atoms with E-state index in [0.717, 1.165) is 16.5 Å². The topological polar surface area (TPSA) is 53.8 Å². The Morgan fingerprint density at radius 1 is 1.08 bits per heavy atom. The van der Waals surface area contributed by atoms with Gasteiger partial charge in [0.05, 0.1) is 12.7 Å². The summed E-state index contributed by atoms with van der Waals surface area (Å²) in [6.45, 7) is 10.8. The van der Waals surface area contributed by atoms with E-state index in [1.165, 1.54) is 11.1 Å². The van der Waals surface area contributed by atoms with Crippen molar-refractivity contribution >= 4 is 22.8 Å². The van der Waals surface area contributed by atoms with Gasteiger partial charge in [-0.2, -0.15) is 0 Å². The number of carbonyl (C=O) groups excluding carboxylic acids is 2. The fourth-order valence-electron chi connectivity index (χ4n) is 3.71. The van der Waals surface area contributed by atoms with Gasteiger partial charge in [-0.25, -0.2) is 0 Å². The highest BCUT2D eigenvalue weighted by Crippen LogP contribution is 2.29. The predicted octanol–water partition coefficient (Wildman–Crippen LogP) is 3.49. The molecule has 0 bridgehead atoms. The summed E-state index contributed by atoms with van der Waals surface area (Å²) in [6, 6.07) is 4.23. The molecule has 1 aromatic carbocycles. The molecule has 3 rings (SSSR count). The van der Waals surface area contributed by atoms with Gasteiger partial charge in [0.15, 0.2) is 0 Å². The molecule has 0 unspecified atom stereocenters. The number of nitrogens with zero attached hydrogens (tertiary/aromatic N) is 2. The predicted molar refractivity (Wildman–Crippen MR) is 102 cm³/mol. The maximum absolute atomic E-state index is 12.7. The molecular weight excluding hydrogens is 328 g/mol. The normalized spacial score (nSPS) is 15.1. The lowest BCUT2D eigenvalue weighted by Crippen LogP contribution is -2.50. The molecule has 2 amide bonds. The van der Waals surface area contributed by atoms with E-state index in [2.05, 4.69) is 32.9 Å². The van der Waals surface area contributed by atoms with Gasteiger partial charge >= 0.3 is 0 Å². The quantitative estimate of drug-likeness (QED) is 0.843. The molecule has 1 saturated heterocycles. The minimum atomic E-state index is 0.1000. The number of carbonyl (C=O) groups is 2. The van der Waals surface area contributed by atoms with Crippen molar-refractivity contribution in [1.82, 2.24) is 9.80 Å². The Hall–Kier alpha value is -2.30. The van der Waals surface area contributed by atoms with Crippen molar-refractivity contribution in [3.63, 3.8) is 0 Å². The Bertz CT molecular complexity index is 814. The van der Waals surface area contributed by atoms with Gasteiger partial charge in [0.1, 0.15) is 5.58 Å². The van der Waals surface area contributed by atoms with Gasteiger partial charge in [0.25, 0.3) is 0 Å². The number of furan rings is 1. The Labute approximate surface area is 154 Å². The molecule has 5 heteroatoms. The highest BCUT2D eigenvalue weighted by molar-refractivity contribution is 5.88. The molecule has 0 saturated carbocycles. The third-order valence-corrected chi connectivity index (χ3v) is 5.29. The van der Waals surface area contributed by atoms with Crippen molar-refractivity contribution in [2.75, 3.05) is 26.2 Å². The third kappa shape index (κ3) is 3.62. The Kier molecular flexibility index (Phi) is 5.35. The first-order chi connectivity index (χ1) is 12.4. The van der Waals surface area contributed by atoms with Crippen LogP contribution in [0.25, 0.3) is 11.0 Å². The molecule has 5 nitrogen and oxygen atoms in total. The maximum Gasteiger partial charge on any atom is 0.227 e. The van der Waals surface area contributed by atoms with Crippen LogP contribution in [0.4, 0.5) is 0 Å². The van der Waals surface area contributed by atoms with Crippen LogP contribution in [0.3, 0.4) is 0 Å². The largest absolute Gasteiger partial charge is 0.464 e. The van der Waals surface area contributed by atoms with Crippen LogP contribution in [0, 0.1) is 6.92 Å². The van der Waals surface area contributed by atoms with Crippen LogP contribution in [0.2, 0.25) is 0 Å². The summed E-state index contributed by atoms with van der Waals surface area (Å²) >= 11 is 0. The van der Waals surface area contributed by atoms with Crippen molar-refractivity contribution < 1.29 is 14.0 Å². The van der Waals surface area contributed by atoms with Gasteiger partial charge in [0.2, 0.25) is 11.8 Å². The molecule has 26 heavy (non-hydrogen) atoms. The molecule has 0 N–H and O–H groups in total. The smallest absolute Gasteiger partial charge is 0.227 e. The van der Waals surface area contributed by atoms with Gasteiger partial charge in [-0.1, -0.05) is 20.8 Å². The second-order valence-electron chi connectivity index (χ2n) is 7.41. The van der Waals surface area contributed by atoms with Crippen LogP contribution in [0.1, 0.15) is 49.8 Å². The van der Waals surface area contributed by atoms with Crippen molar-refractivity contribution in [2.45, 2.75) is 46.5 Å². The number of hydrogen-bond donors (Lipinski definition) is 0. The number of benzene rings is 1. The number of amides is 2. The van der Waals surface area contributed by atoms with Crippen molar-refractivity contribution in [3.05, 3.63) is 35.1 Å². The first-order valence-corrected chi connectivity index (χ1v) is 9.46. The van der Waals surface area contributed by atoms with Gasteiger partial charge in [-0.3, -0.25) is 9.59 Å². The van der Waals surface area contributed by atoms with Gasteiger partial charge < -0.3 is 14.2 Å². The first kappa shape index (κ1) is 18.5. The van der Waals surface area contributed by atoms with Crippen LogP contribution < -0.4 is 0 Å². The molecule has 1 aromatic heterocycles. The van der Waals surface area contributed by atoms with Crippen LogP contribution in [-0.4, -0.2) is 47.8 Å². The van der Waals surface area contributed by atoms with Crippen LogP contribution in [0.15, 0.2) is 22.8 Å². The minimum Gasteiger partial charge on any atom is -0.464 e. The van der Waals surface area contributed by atoms with E-state index in [9.17, 15) is 9.59 Å². The maximum atomic E-state index is 12.7. The van der Waals surface area contributed by atoms with E-state index in [0.29, 0.717) is 44.9 Å². The standard InChI is InChI=1S/C21H28N2O3/c1-5-20(24)22-6-8-23(9-7-22)21(25)11-16-13-26-19-10-15(4)17(14(2)3)12-18(16)19/h10,12-14H,5-9,11H2,1-4H3. The number of fused-ring (bicyclic) bond motifs is 1. The molecule has 2 aromatic rings. The molecule has 140 valence electrons. The molecular formula is C21H28N2O3. The molecule has 1 aliphatic heterocycles. The lowest BCUT2D eigenvalue weighted by Gasteiger charge is -2.34. The Balaban J connectivity index is 1.72. The van der Waals surface area contributed by atoms with Gasteiger partial charge in [0, 0.05) is 43.5 Å². The summed E-state index contributed by atoms with van der Waals surface area (Å²) in [5, 5.41) is 1.03. The lowest BCUT2D eigenvalue weighted by atomic mass is 9.95. The number of hydrogen-bond acceptors (Lipinski definition) is 3. The molecule has 0 aliphatic carbocycles. The minimum absolute atomic E-state index is 0.1000. The Morgan fingerprint density at radius 3 is 2.27 bits per heavy atom. The molecule has 1 aliphatic rings. The zero-order valence-corrected chi connectivity index (χ0v) is 16.2. The highest BCUT2D eigenvalue weighted by Gasteiger charge is 2.24. The third-order valence-electron chi connectivity index (χ3n) is 5.29. The fourth-order valence-corrected chi connectivity index (χ4v) is 3.71. The zero-order chi connectivity index (χ0) is 18.8.